The van der Waals surface area contributed by atoms with Gasteiger partial charge in [-0.15, -0.1) is 6.58 Å². The van der Waals surface area contributed by atoms with Gasteiger partial charge in [-0.25, -0.2) is 0 Å². The van der Waals surface area contributed by atoms with Crippen molar-refractivity contribution < 1.29 is 4.92 Å². The standard InChI is InChI=1S/C10H9INO2/c1-3-7(2)9-6-8(12(13)14)4-5-10(9)11/h3-6H,1H2,2H3. The highest BCUT2D eigenvalue weighted by atomic mass is 127. The molecule has 0 fully saturated rings. The summed E-state index contributed by atoms with van der Waals surface area (Å²) in [7, 11) is 0. The molecule has 0 aliphatic carbocycles. The average molecular weight is 302 g/mol. The molecule has 0 saturated heterocycles. The van der Waals surface area contributed by atoms with Gasteiger partial charge in [-0.05, 0) is 34.2 Å². The minimum absolute atomic E-state index is 0.113. The van der Waals surface area contributed by atoms with E-state index in [4.69, 9.17) is 0 Å². The van der Waals surface area contributed by atoms with E-state index in [1.165, 1.54) is 6.07 Å². The molecule has 0 bridgehead atoms. The summed E-state index contributed by atoms with van der Waals surface area (Å²) in [6.45, 7) is 5.53. The fourth-order valence-corrected chi connectivity index (χ4v) is 1.80. The number of non-ortho nitro benzene ring substituents is 1. The normalized spacial score (nSPS) is 10.2. The maximum absolute atomic E-state index is 10.5. The van der Waals surface area contributed by atoms with Gasteiger partial charge in [-0.2, -0.15) is 0 Å². The molecule has 0 spiro atoms. The Labute approximate surface area is 96.1 Å². The summed E-state index contributed by atoms with van der Waals surface area (Å²) in [4.78, 5) is 10.2. The van der Waals surface area contributed by atoms with Crippen molar-refractivity contribution >= 4 is 28.3 Å². The number of allylic oxidation sites excluding steroid dienone is 1. The van der Waals surface area contributed by atoms with Gasteiger partial charge in [-0.1, -0.05) is 13.0 Å². The maximum atomic E-state index is 10.5. The molecule has 1 aromatic carbocycles. The van der Waals surface area contributed by atoms with E-state index in [9.17, 15) is 10.1 Å². The largest absolute Gasteiger partial charge is 0.269 e. The van der Waals surface area contributed by atoms with Crippen LogP contribution in [-0.2, 0) is 0 Å². The van der Waals surface area contributed by atoms with Crippen molar-refractivity contribution in [2.45, 2.75) is 6.92 Å². The molecular formula is C10H9INO2. The average Bonchev–Trinajstić information content (AvgIpc) is 2.17. The molecule has 0 unspecified atom stereocenters. The van der Waals surface area contributed by atoms with Crippen molar-refractivity contribution in [3.05, 3.63) is 56.0 Å². The van der Waals surface area contributed by atoms with Crippen LogP contribution in [0.15, 0.2) is 30.9 Å². The molecule has 0 N–H and O–H groups in total. The van der Waals surface area contributed by atoms with Crippen molar-refractivity contribution in [1.82, 2.24) is 0 Å². The van der Waals surface area contributed by atoms with Gasteiger partial charge in [0.25, 0.3) is 5.69 Å². The van der Waals surface area contributed by atoms with Gasteiger partial charge in [0, 0.05) is 21.6 Å². The predicted octanol–water partition coefficient (Wildman–Crippen LogP) is 3.33. The summed E-state index contributed by atoms with van der Waals surface area (Å²) in [5.74, 6) is 0.943. The summed E-state index contributed by atoms with van der Waals surface area (Å²) in [6, 6.07) is 4.81. The van der Waals surface area contributed by atoms with Crippen LogP contribution in [-0.4, -0.2) is 4.92 Å². The molecule has 1 rings (SSSR count). The molecular weight excluding hydrogens is 293 g/mol. The Kier molecular flexibility index (Phi) is 3.62. The third-order valence-corrected chi connectivity index (χ3v) is 2.83. The van der Waals surface area contributed by atoms with Crippen molar-refractivity contribution in [3.8, 4) is 0 Å². The molecule has 4 heteroatoms. The highest BCUT2D eigenvalue weighted by Gasteiger charge is 2.12. The zero-order chi connectivity index (χ0) is 10.7. The van der Waals surface area contributed by atoms with Crippen LogP contribution in [0.2, 0.25) is 0 Å². The van der Waals surface area contributed by atoms with E-state index in [1.807, 2.05) is 6.92 Å². The smallest absolute Gasteiger partial charge is 0.258 e. The number of benzene rings is 1. The van der Waals surface area contributed by atoms with E-state index in [-0.39, 0.29) is 5.69 Å². The highest BCUT2D eigenvalue weighted by molar-refractivity contribution is 14.1. The Morgan fingerprint density at radius 2 is 2.29 bits per heavy atom. The van der Waals surface area contributed by atoms with Gasteiger partial charge >= 0.3 is 0 Å². The van der Waals surface area contributed by atoms with Crippen LogP contribution >= 0.6 is 22.6 Å². The molecule has 0 atom stereocenters. The molecule has 0 aliphatic heterocycles. The number of rotatable bonds is 3. The van der Waals surface area contributed by atoms with Crippen LogP contribution in [0, 0.1) is 19.6 Å². The minimum Gasteiger partial charge on any atom is -0.258 e. The summed E-state index contributed by atoms with van der Waals surface area (Å²) >= 11 is 2.15. The monoisotopic (exact) mass is 302 g/mol. The first-order valence-corrected chi connectivity index (χ1v) is 5.04. The predicted molar refractivity (Wildman–Crippen MR) is 64.0 cm³/mol. The van der Waals surface area contributed by atoms with E-state index in [0.29, 0.717) is 0 Å². The highest BCUT2D eigenvalue weighted by Crippen LogP contribution is 2.25. The number of hydrogen-bond donors (Lipinski definition) is 0. The fraction of sp³-hybridized carbons (Fsp3) is 0.100. The minimum atomic E-state index is -0.393. The number of halogens is 1. The second-order valence-electron chi connectivity index (χ2n) is 2.81. The zero-order valence-corrected chi connectivity index (χ0v) is 9.82. The van der Waals surface area contributed by atoms with Crippen LogP contribution in [0.25, 0.3) is 0 Å². The van der Waals surface area contributed by atoms with Crippen LogP contribution < -0.4 is 0 Å². The molecule has 73 valence electrons. The van der Waals surface area contributed by atoms with Crippen LogP contribution in [0.3, 0.4) is 0 Å². The fourth-order valence-electron chi connectivity index (χ4n) is 1.04. The molecule has 0 aromatic heterocycles. The van der Waals surface area contributed by atoms with Gasteiger partial charge < -0.3 is 0 Å². The number of nitrogens with zero attached hydrogens (tertiary/aromatic N) is 1. The van der Waals surface area contributed by atoms with Crippen LogP contribution in [0.4, 0.5) is 5.69 Å². The Morgan fingerprint density at radius 3 is 2.79 bits per heavy atom. The topological polar surface area (TPSA) is 43.1 Å². The van der Waals surface area contributed by atoms with Crippen molar-refractivity contribution in [1.29, 1.82) is 0 Å². The third kappa shape index (κ3) is 2.31. The van der Waals surface area contributed by atoms with Crippen molar-refractivity contribution in [2.75, 3.05) is 0 Å². The van der Waals surface area contributed by atoms with E-state index in [0.717, 1.165) is 15.1 Å². The van der Waals surface area contributed by atoms with E-state index in [1.54, 1.807) is 18.2 Å². The molecule has 1 aromatic rings. The summed E-state index contributed by atoms with van der Waals surface area (Å²) < 4.78 is 0.991. The Hall–Kier alpha value is -0.910. The lowest BCUT2D eigenvalue weighted by molar-refractivity contribution is -0.384. The van der Waals surface area contributed by atoms with Gasteiger partial charge in [-0.3, -0.25) is 10.1 Å². The van der Waals surface area contributed by atoms with E-state index >= 15 is 0 Å². The molecule has 0 amide bonds. The van der Waals surface area contributed by atoms with Gasteiger partial charge in [0.1, 0.15) is 0 Å². The zero-order valence-electron chi connectivity index (χ0n) is 7.66. The number of nitro groups is 1. The van der Waals surface area contributed by atoms with Crippen LogP contribution in [0.5, 0.6) is 0 Å². The lowest BCUT2D eigenvalue weighted by Crippen LogP contribution is -1.96. The van der Waals surface area contributed by atoms with Crippen molar-refractivity contribution in [3.63, 3.8) is 0 Å². The van der Waals surface area contributed by atoms with E-state index < -0.39 is 4.92 Å². The Bertz CT molecular complexity index is 376. The third-order valence-electron chi connectivity index (χ3n) is 1.89. The maximum Gasteiger partial charge on any atom is 0.269 e. The Balaban J connectivity index is 3.20. The summed E-state index contributed by atoms with van der Waals surface area (Å²) in [6.07, 6.45) is 1.70. The molecule has 14 heavy (non-hydrogen) atoms. The van der Waals surface area contributed by atoms with Crippen LogP contribution in [0.1, 0.15) is 12.5 Å². The second kappa shape index (κ2) is 4.54. The molecule has 0 heterocycles. The SMILES string of the molecule is C=C[C](C)c1cc([N+](=O)[O-])ccc1I. The first-order chi connectivity index (χ1) is 6.56. The number of hydrogen-bond acceptors (Lipinski definition) is 2. The molecule has 3 nitrogen and oxygen atoms in total. The molecule has 0 saturated carbocycles. The molecule has 0 aliphatic rings. The van der Waals surface area contributed by atoms with E-state index in [2.05, 4.69) is 29.2 Å². The number of nitro benzene ring substituents is 1. The quantitative estimate of drug-likeness (QED) is 0.488. The lowest BCUT2D eigenvalue weighted by atomic mass is 10.0. The van der Waals surface area contributed by atoms with Gasteiger partial charge in [0.15, 0.2) is 0 Å². The summed E-state index contributed by atoms with van der Waals surface area (Å²) in [5, 5.41) is 10.5. The summed E-state index contributed by atoms with van der Waals surface area (Å²) in [5.41, 5.74) is 0.983. The Morgan fingerprint density at radius 1 is 1.64 bits per heavy atom. The first kappa shape index (κ1) is 11.2. The lowest BCUT2D eigenvalue weighted by Gasteiger charge is -2.07. The second-order valence-corrected chi connectivity index (χ2v) is 3.97. The molecule has 1 radical (unpaired) electrons. The first-order valence-electron chi connectivity index (χ1n) is 3.96. The van der Waals surface area contributed by atoms with Gasteiger partial charge in [0.05, 0.1) is 4.92 Å². The van der Waals surface area contributed by atoms with Gasteiger partial charge in [0.2, 0.25) is 0 Å². The van der Waals surface area contributed by atoms with Crippen molar-refractivity contribution in [2.24, 2.45) is 0 Å².